The van der Waals surface area contributed by atoms with Crippen molar-refractivity contribution in [2.45, 2.75) is 65.3 Å². The van der Waals surface area contributed by atoms with E-state index in [0.717, 1.165) is 5.56 Å². The lowest BCUT2D eigenvalue weighted by atomic mass is 10.0. The van der Waals surface area contributed by atoms with E-state index in [1.54, 1.807) is 32.1 Å². The Morgan fingerprint density at radius 1 is 1.14 bits per heavy atom. The Labute approximate surface area is 267 Å². The molecule has 1 aliphatic rings. The minimum atomic E-state index is -3.21. The highest BCUT2D eigenvalue weighted by Gasteiger charge is 2.24. The van der Waals surface area contributed by atoms with E-state index in [4.69, 9.17) is 14.2 Å². The number of hydrogen-bond donors (Lipinski definition) is 3. The Morgan fingerprint density at radius 3 is 2.38 bits per heavy atom. The second-order valence-corrected chi connectivity index (χ2v) is 12.9. The normalized spacial score (nSPS) is 19.9. The number of aromatic hydroxyl groups is 1. The number of rotatable bonds is 14. The molecule has 3 unspecified atom stereocenters. The van der Waals surface area contributed by atoms with Gasteiger partial charge < -0.3 is 24.1 Å². The minimum Gasteiger partial charge on any atom is -0.508 e. The van der Waals surface area contributed by atoms with E-state index < -0.39 is 19.5 Å². The monoisotopic (exact) mass is 738 g/mol. The van der Waals surface area contributed by atoms with Gasteiger partial charge in [-0.05, 0) is 56.2 Å². The summed E-state index contributed by atoms with van der Waals surface area (Å²) in [5.74, 6) is 0.978. The topological polar surface area (TPSA) is 132 Å². The van der Waals surface area contributed by atoms with E-state index in [2.05, 4.69) is 46.8 Å². The molecule has 0 saturated carbocycles. The molecule has 0 aliphatic heterocycles. The quantitative estimate of drug-likeness (QED) is 0.0609. The summed E-state index contributed by atoms with van der Waals surface area (Å²) in [6.07, 6.45) is 6.78. The lowest BCUT2D eigenvalue weighted by molar-refractivity contribution is -0.141. The van der Waals surface area contributed by atoms with Gasteiger partial charge in [0, 0.05) is 16.6 Å². The van der Waals surface area contributed by atoms with Crippen LogP contribution in [0.3, 0.4) is 0 Å². The predicted molar refractivity (Wildman–Crippen MR) is 174 cm³/mol. The highest BCUT2D eigenvalue weighted by atomic mass is 79.9. The molecule has 1 aromatic carbocycles. The summed E-state index contributed by atoms with van der Waals surface area (Å²) in [4.78, 5) is 20.7. The molecular weight excluding hydrogens is 695 g/mol. The lowest BCUT2D eigenvalue weighted by Crippen LogP contribution is -2.30. The van der Waals surface area contributed by atoms with Crippen molar-refractivity contribution >= 4 is 51.7 Å². The third kappa shape index (κ3) is 15.9. The number of carbonyl (C=O) groups is 2. The van der Waals surface area contributed by atoms with Crippen molar-refractivity contribution in [3.05, 3.63) is 58.3 Å². The Morgan fingerprint density at radius 2 is 1.83 bits per heavy atom. The van der Waals surface area contributed by atoms with Gasteiger partial charge in [0.1, 0.15) is 29.9 Å². The van der Waals surface area contributed by atoms with Crippen molar-refractivity contribution in [3.63, 3.8) is 0 Å². The molecule has 0 fully saturated rings. The molecule has 42 heavy (non-hydrogen) atoms. The van der Waals surface area contributed by atoms with Gasteiger partial charge in [-0.3, -0.25) is 19.2 Å². The van der Waals surface area contributed by atoms with Crippen LogP contribution >= 0.6 is 39.3 Å². The summed E-state index contributed by atoms with van der Waals surface area (Å²) in [5.41, 5.74) is 0.800. The van der Waals surface area contributed by atoms with Crippen LogP contribution in [0.25, 0.3) is 0 Å². The molecular formula is C29H45Br2N2O8P. The number of esters is 1. The standard InChI is InChI=1S/C24H33Br2N2O6P.C3H6O2.C2H6/c1-5-27-35(31,28-14-24(30)32-6-2)15-33-19-11-17(25)7-10-23(21(26)13-19)34-18-8-9-22(29)20(12-18)16(3)4;1-2-5-3-4;1-2/h7-13,16-17,23,29H,5-6,14-15H2,1-4H3,(H2,27,28,31);3H,2H2,1H3;1-2H3/b10-7?,19-11+,21-13+;;. The molecule has 0 heterocycles. The largest absolute Gasteiger partial charge is 0.508 e. The number of nitrogens with one attached hydrogen (secondary N) is 2. The molecule has 1 aliphatic carbocycles. The van der Waals surface area contributed by atoms with Crippen LogP contribution in [-0.4, -0.2) is 61.1 Å². The summed E-state index contributed by atoms with van der Waals surface area (Å²) in [5, 5.41) is 15.7. The number of halogens is 2. The van der Waals surface area contributed by atoms with Crippen molar-refractivity contribution < 1.29 is 38.2 Å². The molecule has 1 aromatic rings. The summed E-state index contributed by atoms with van der Waals surface area (Å²) >= 11 is 7.14. The first-order valence-electron chi connectivity index (χ1n) is 13.8. The fourth-order valence-electron chi connectivity index (χ4n) is 3.22. The molecule has 13 heteroatoms. The van der Waals surface area contributed by atoms with Gasteiger partial charge >= 0.3 is 5.97 Å². The Hall–Kier alpha value is -2.11. The molecule has 2 rings (SSSR count). The summed E-state index contributed by atoms with van der Waals surface area (Å²) in [6.45, 7) is 14.7. The lowest BCUT2D eigenvalue weighted by Gasteiger charge is -2.22. The molecule has 0 aromatic heterocycles. The Kier molecular flexibility index (Phi) is 21.3. The molecule has 238 valence electrons. The minimum absolute atomic E-state index is 0.144. The molecule has 3 N–H and O–H groups in total. The zero-order chi connectivity index (χ0) is 32.1. The molecule has 0 radical (unpaired) electrons. The first kappa shape index (κ1) is 39.9. The van der Waals surface area contributed by atoms with Gasteiger partial charge in [0.2, 0.25) is 7.44 Å². The van der Waals surface area contributed by atoms with Crippen LogP contribution in [-0.2, 0) is 28.4 Å². The third-order valence-electron chi connectivity index (χ3n) is 5.07. The fraction of sp³-hybridized carbons (Fsp3) is 0.517. The van der Waals surface area contributed by atoms with E-state index in [1.807, 2.05) is 58.9 Å². The van der Waals surface area contributed by atoms with E-state index in [1.165, 1.54) is 0 Å². The van der Waals surface area contributed by atoms with E-state index in [9.17, 15) is 19.3 Å². The molecule has 0 amide bonds. The number of allylic oxidation sites excluding steroid dienone is 3. The zero-order valence-corrected chi connectivity index (χ0v) is 29.5. The van der Waals surface area contributed by atoms with Gasteiger partial charge in [-0.15, -0.1) is 0 Å². The second-order valence-electron chi connectivity index (χ2n) is 8.56. The fourth-order valence-corrected chi connectivity index (χ4v) is 5.65. The van der Waals surface area contributed by atoms with Crippen LogP contribution in [0.1, 0.15) is 59.9 Å². The van der Waals surface area contributed by atoms with E-state index in [-0.39, 0.29) is 36.0 Å². The Bertz CT molecular complexity index is 1100. The van der Waals surface area contributed by atoms with Gasteiger partial charge in [0.25, 0.3) is 6.47 Å². The number of carbonyl (C=O) groups excluding carboxylic acids is 2. The SMILES string of the molecule is CC.CCNP(=O)(COC1=C/C(Br)C=CC(Oc2ccc(O)c(C(C)C)c2)/C(Br)=C\1)NCC(=O)OCC.CCOC=O. The molecule has 0 spiro atoms. The van der Waals surface area contributed by atoms with Gasteiger partial charge in [0.15, 0.2) is 6.35 Å². The maximum absolute atomic E-state index is 13.2. The molecule has 10 nitrogen and oxygen atoms in total. The maximum Gasteiger partial charge on any atom is 0.320 e. The van der Waals surface area contributed by atoms with Gasteiger partial charge in [-0.25, -0.2) is 5.09 Å². The van der Waals surface area contributed by atoms with Gasteiger partial charge in [-0.2, -0.15) is 0 Å². The van der Waals surface area contributed by atoms with Crippen molar-refractivity contribution in [3.8, 4) is 11.5 Å². The van der Waals surface area contributed by atoms with Gasteiger partial charge in [-0.1, -0.05) is 72.6 Å². The van der Waals surface area contributed by atoms with Crippen molar-refractivity contribution in [2.24, 2.45) is 0 Å². The van der Waals surface area contributed by atoms with Crippen LogP contribution in [0.15, 0.2) is 52.7 Å². The number of phenols is 1. The highest BCUT2D eigenvalue weighted by Crippen LogP contribution is 2.37. The first-order chi connectivity index (χ1) is 20.0. The third-order valence-corrected chi connectivity index (χ3v) is 8.31. The number of alkyl halides is 1. The van der Waals surface area contributed by atoms with E-state index >= 15 is 0 Å². The molecule has 3 atom stereocenters. The zero-order valence-electron chi connectivity index (χ0n) is 25.4. The van der Waals surface area contributed by atoms with Crippen LogP contribution < -0.4 is 14.9 Å². The highest BCUT2D eigenvalue weighted by molar-refractivity contribution is 9.11. The van der Waals surface area contributed by atoms with Crippen LogP contribution in [0.5, 0.6) is 11.5 Å². The molecule has 0 bridgehead atoms. The summed E-state index contributed by atoms with van der Waals surface area (Å²) < 4.78 is 35.0. The smallest absolute Gasteiger partial charge is 0.320 e. The van der Waals surface area contributed by atoms with E-state index in [0.29, 0.717) is 35.6 Å². The number of phenolic OH excluding ortho intramolecular Hbond substituents is 1. The van der Waals surface area contributed by atoms with Crippen molar-refractivity contribution in [2.75, 3.05) is 32.7 Å². The van der Waals surface area contributed by atoms with Crippen LogP contribution in [0.2, 0.25) is 0 Å². The number of benzene rings is 1. The maximum atomic E-state index is 13.2. The first-order valence-corrected chi connectivity index (χ1v) is 17.4. The van der Waals surface area contributed by atoms with Crippen LogP contribution in [0, 0.1) is 0 Å². The second kappa shape index (κ2) is 22.4. The van der Waals surface area contributed by atoms with Gasteiger partial charge in [0.05, 0.1) is 18.0 Å². The average Bonchev–Trinajstić information content (AvgIpc) is 2.95. The summed E-state index contributed by atoms with van der Waals surface area (Å²) in [7, 11) is -3.21. The van der Waals surface area contributed by atoms with Crippen LogP contribution in [0.4, 0.5) is 0 Å². The van der Waals surface area contributed by atoms with Crippen molar-refractivity contribution in [1.82, 2.24) is 10.2 Å². The number of hydrogen-bond acceptors (Lipinski definition) is 8. The average molecular weight is 740 g/mol. The number of ether oxygens (including phenoxy) is 4. The molecule has 0 saturated heterocycles. The van der Waals surface area contributed by atoms with Crippen molar-refractivity contribution in [1.29, 1.82) is 0 Å². The predicted octanol–water partition coefficient (Wildman–Crippen LogP) is 6.89. The summed E-state index contributed by atoms with van der Waals surface area (Å²) in [6, 6.07) is 5.17. The Balaban J connectivity index is 0.00000216.